The van der Waals surface area contributed by atoms with Gasteiger partial charge in [-0.05, 0) is 12.1 Å². The minimum absolute atomic E-state index is 0.0614. The Morgan fingerprint density at radius 1 is 1.10 bits per heavy atom. The number of benzene rings is 1. The van der Waals surface area contributed by atoms with Crippen LogP contribution in [0.25, 0.3) is 11.1 Å². The number of halogens is 4. The molecular formula is C13H9F4NO2. The van der Waals surface area contributed by atoms with Gasteiger partial charge in [-0.25, -0.2) is 4.98 Å². The van der Waals surface area contributed by atoms with Gasteiger partial charge in [0.05, 0.1) is 13.3 Å². The third kappa shape index (κ3) is 3.17. The lowest BCUT2D eigenvalue weighted by molar-refractivity contribution is -0.274. The number of para-hydroxylation sites is 1. The second kappa shape index (κ2) is 5.36. The van der Waals surface area contributed by atoms with Crippen molar-refractivity contribution in [2.45, 2.75) is 6.36 Å². The van der Waals surface area contributed by atoms with Gasteiger partial charge >= 0.3 is 6.36 Å². The summed E-state index contributed by atoms with van der Waals surface area (Å²) < 4.78 is 59.4. The van der Waals surface area contributed by atoms with E-state index in [4.69, 9.17) is 4.74 Å². The van der Waals surface area contributed by atoms with E-state index in [1.165, 1.54) is 31.4 Å². The first kappa shape index (κ1) is 14.1. The molecule has 1 aromatic carbocycles. The predicted molar refractivity (Wildman–Crippen MR) is 62.9 cm³/mol. The Bertz CT molecular complexity index is 614. The molecule has 0 unspecified atom stereocenters. The second-order valence-electron chi connectivity index (χ2n) is 3.76. The molecule has 0 atom stereocenters. The molecule has 2 aromatic rings. The zero-order valence-electron chi connectivity index (χ0n) is 10.2. The first-order valence-corrected chi connectivity index (χ1v) is 5.45. The van der Waals surface area contributed by atoms with Crippen molar-refractivity contribution in [3.8, 4) is 22.6 Å². The molecule has 1 heterocycles. The Labute approximate surface area is 111 Å². The van der Waals surface area contributed by atoms with Gasteiger partial charge in [0.2, 0.25) is 5.95 Å². The van der Waals surface area contributed by atoms with E-state index in [0.717, 1.165) is 12.3 Å². The fourth-order valence-electron chi connectivity index (χ4n) is 1.63. The van der Waals surface area contributed by atoms with E-state index in [2.05, 4.69) is 9.72 Å². The van der Waals surface area contributed by atoms with Crippen LogP contribution >= 0.6 is 0 Å². The largest absolute Gasteiger partial charge is 0.573 e. The Balaban J connectivity index is 2.52. The van der Waals surface area contributed by atoms with E-state index in [0.29, 0.717) is 0 Å². The molecule has 20 heavy (non-hydrogen) atoms. The van der Waals surface area contributed by atoms with Crippen LogP contribution in [0.3, 0.4) is 0 Å². The lowest BCUT2D eigenvalue weighted by Gasteiger charge is -2.13. The molecule has 0 amide bonds. The van der Waals surface area contributed by atoms with Crippen molar-refractivity contribution in [2.75, 3.05) is 7.11 Å². The number of aromatic nitrogens is 1. The Morgan fingerprint density at radius 2 is 1.80 bits per heavy atom. The van der Waals surface area contributed by atoms with Crippen LogP contribution in [0.1, 0.15) is 0 Å². The number of nitrogens with zero attached hydrogens (tertiary/aromatic N) is 1. The van der Waals surface area contributed by atoms with Gasteiger partial charge in [0.1, 0.15) is 11.5 Å². The smallest absolute Gasteiger partial charge is 0.495 e. The molecule has 3 nitrogen and oxygen atoms in total. The van der Waals surface area contributed by atoms with E-state index >= 15 is 0 Å². The number of methoxy groups -OCH3 is 1. The number of alkyl halides is 3. The van der Waals surface area contributed by atoms with E-state index in [-0.39, 0.29) is 16.9 Å². The average Bonchev–Trinajstić information content (AvgIpc) is 2.38. The minimum atomic E-state index is -4.86. The highest BCUT2D eigenvalue weighted by molar-refractivity contribution is 5.71. The summed E-state index contributed by atoms with van der Waals surface area (Å²) in [5.41, 5.74) is -0.196. The third-order valence-corrected chi connectivity index (χ3v) is 2.45. The van der Waals surface area contributed by atoms with Crippen LogP contribution in [-0.4, -0.2) is 18.5 Å². The second-order valence-corrected chi connectivity index (χ2v) is 3.76. The van der Waals surface area contributed by atoms with Crippen LogP contribution in [0.5, 0.6) is 11.5 Å². The lowest BCUT2D eigenvalue weighted by Crippen LogP contribution is -2.17. The minimum Gasteiger partial charge on any atom is -0.495 e. The van der Waals surface area contributed by atoms with Crippen molar-refractivity contribution in [3.05, 3.63) is 42.5 Å². The summed E-state index contributed by atoms with van der Waals surface area (Å²) in [5.74, 6) is -1.19. The molecule has 0 bridgehead atoms. The van der Waals surface area contributed by atoms with Crippen LogP contribution in [0.2, 0.25) is 0 Å². The molecule has 1 aromatic heterocycles. The van der Waals surface area contributed by atoms with Gasteiger partial charge in [-0.2, -0.15) is 4.39 Å². The van der Waals surface area contributed by atoms with Gasteiger partial charge in [0, 0.05) is 11.1 Å². The molecule has 0 N–H and O–H groups in total. The van der Waals surface area contributed by atoms with Crippen LogP contribution in [0.15, 0.2) is 36.5 Å². The number of rotatable bonds is 3. The normalized spacial score (nSPS) is 11.2. The summed E-state index contributed by atoms with van der Waals surface area (Å²) in [4.78, 5) is 3.44. The summed E-state index contributed by atoms with van der Waals surface area (Å²) >= 11 is 0. The molecule has 7 heteroatoms. The molecule has 0 aliphatic carbocycles. The van der Waals surface area contributed by atoms with Crippen molar-refractivity contribution in [1.82, 2.24) is 4.98 Å². The van der Waals surface area contributed by atoms with E-state index in [9.17, 15) is 17.6 Å². The summed E-state index contributed by atoms with van der Waals surface area (Å²) in [6, 6.07) is 6.48. The van der Waals surface area contributed by atoms with Crippen LogP contribution in [-0.2, 0) is 0 Å². The molecule has 0 aliphatic heterocycles. The molecule has 0 spiro atoms. The Kier molecular flexibility index (Phi) is 3.78. The first-order valence-electron chi connectivity index (χ1n) is 5.45. The highest BCUT2D eigenvalue weighted by Gasteiger charge is 2.32. The standard InChI is InChI=1S/C13H9F4NO2/c1-19-8-6-10(12(14)18-7-8)9-4-2-3-5-11(9)20-13(15,16)17/h2-7H,1H3. The maximum atomic E-state index is 13.7. The van der Waals surface area contributed by atoms with E-state index < -0.39 is 18.1 Å². The van der Waals surface area contributed by atoms with Gasteiger partial charge in [0.15, 0.2) is 0 Å². The highest BCUT2D eigenvalue weighted by Crippen LogP contribution is 2.35. The topological polar surface area (TPSA) is 31.4 Å². The molecule has 0 aliphatic rings. The number of ether oxygens (including phenoxy) is 2. The number of pyridine rings is 1. The maximum Gasteiger partial charge on any atom is 0.573 e. The zero-order valence-corrected chi connectivity index (χ0v) is 10.2. The molecule has 106 valence electrons. The third-order valence-electron chi connectivity index (χ3n) is 2.45. The van der Waals surface area contributed by atoms with Crippen molar-refractivity contribution < 1.29 is 27.0 Å². The van der Waals surface area contributed by atoms with Crippen LogP contribution in [0, 0.1) is 5.95 Å². The maximum absolute atomic E-state index is 13.7. The monoisotopic (exact) mass is 287 g/mol. The van der Waals surface area contributed by atoms with Crippen molar-refractivity contribution in [2.24, 2.45) is 0 Å². The Hall–Kier alpha value is -2.31. The zero-order chi connectivity index (χ0) is 14.8. The van der Waals surface area contributed by atoms with Crippen LogP contribution < -0.4 is 9.47 Å². The van der Waals surface area contributed by atoms with Gasteiger partial charge in [-0.15, -0.1) is 13.2 Å². The predicted octanol–water partition coefficient (Wildman–Crippen LogP) is 3.79. The quantitative estimate of drug-likeness (QED) is 0.635. The molecular weight excluding hydrogens is 278 g/mol. The summed E-state index contributed by atoms with van der Waals surface area (Å²) in [7, 11) is 1.34. The number of hydrogen-bond acceptors (Lipinski definition) is 3. The van der Waals surface area contributed by atoms with Gasteiger partial charge in [-0.3, -0.25) is 0 Å². The van der Waals surface area contributed by atoms with Gasteiger partial charge in [-0.1, -0.05) is 18.2 Å². The fraction of sp³-hybridized carbons (Fsp3) is 0.154. The summed E-state index contributed by atoms with van der Waals surface area (Å²) in [5, 5.41) is 0. The molecule has 2 rings (SSSR count). The summed E-state index contributed by atoms with van der Waals surface area (Å²) in [6.07, 6.45) is -3.73. The van der Waals surface area contributed by atoms with E-state index in [1.807, 2.05) is 0 Å². The first-order chi connectivity index (χ1) is 9.40. The van der Waals surface area contributed by atoms with Crippen molar-refractivity contribution in [3.63, 3.8) is 0 Å². The lowest BCUT2D eigenvalue weighted by atomic mass is 10.1. The average molecular weight is 287 g/mol. The van der Waals surface area contributed by atoms with Gasteiger partial charge < -0.3 is 9.47 Å². The SMILES string of the molecule is COc1cnc(F)c(-c2ccccc2OC(F)(F)F)c1. The highest BCUT2D eigenvalue weighted by atomic mass is 19.4. The van der Waals surface area contributed by atoms with E-state index in [1.54, 1.807) is 0 Å². The molecule has 0 saturated carbocycles. The van der Waals surface area contributed by atoms with Gasteiger partial charge in [0.25, 0.3) is 0 Å². The molecule has 0 radical (unpaired) electrons. The number of hydrogen-bond donors (Lipinski definition) is 0. The molecule has 0 saturated heterocycles. The van der Waals surface area contributed by atoms with Crippen molar-refractivity contribution in [1.29, 1.82) is 0 Å². The fourth-order valence-corrected chi connectivity index (χ4v) is 1.63. The Morgan fingerprint density at radius 3 is 2.45 bits per heavy atom. The summed E-state index contributed by atoms with van der Waals surface area (Å²) in [6.45, 7) is 0. The van der Waals surface area contributed by atoms with Crippen LogP contribution in [0.4, 0.5) is 17.6 Å². The molecule has 0 fully saturated rings. The van der Waals surface area contributed by atoms with Crippen molar-refractivity contribution >= 4 is 0 Å².